The zero-order valence-electron chi connectivity index (χ0n) is 9.76. The van der Waals surface area contributed by atoms with Gasteiger partial charge in [-0.2, -0.15) is 11.3 Å². The Balaban J connectivity index is 1.94. The van der Waals surface area contributed by atoms with E-state index in [0.717, 1.165) is 28.8 Å². The van der Waals surface area contributed by atoms with E-state index >= 15 is 0 Å². The molecule has 1 aromatic carbocycles. The van der Waals surface area contributed by atoms with E-state index in [-0.39, 0.29) is 0 Å². The van der Waals surface area contributed by atoms with E-state index in [1.807, 2.05) is 24.3 Å². The maximum Gasteiger partial charge on any atom is 0.0953 e. The fraction of sp³-hybridized carbons (Fsp3) is 0.0714. The number of nitrogens with zero attached hydrogens (tertiary/aromatic N) is 1. The summed E-state index contributed by atoms with van der Waals surface area (Å²) in [5.41, 5.74) is 9.93. The van der Waals surface area contributed by atoms with Crippen LogP contribution in [0.4, 0.5) is 11.4 Å². The van der Waals surface area contributed by atoms with Crippen LogP contribution in [0.1, 0.15) is 5.56 Å². The Morgan fingerprint density at radius 1 is 1.22 bits per heavy atom. The van der Waals surface area contributed by atoms with Crippen molar-refractivity contribution in [3.8, 4) is 0 Å². The number of thiophene rings is 1. The minimum Gasteiger partial charge on any atom is -0.398 e. The molecule has 2 heterocycles. The van der Waals surface area contributed by atoms with Gasteiger partial charge in [-0.25, -0.2) is 0 Å². The summed E-state index contributed by atoms with van der Waals surface area (Å²) >= 11 is 1.71. The van der Waals surface area contributed by atoms with Gasteiger partial charge in [-0.1, -0.05) is 0 Å². The number of nitrogens with one attached hydrogen (secondary N) is 1. The Morgan fingerprint density at radius 2 is 2.17 bits per heavy atom. The molecule has 0 spiro atoms. The first-order valence-corrected chi connectivity index (χ1v) is 6.67. The third kappa shape index (κ3) is 2.02. The summed E-state index contributed by atoms with van der Waals surface area (Å²) in [6, 6.07) is 9.91. The highest BCUT2D eigenvalue weighted by atomic mass is 32.1. The van der Waals surface area contributed by atoms with Gasteiger partial charge in [-0.05, 0) is 46.7 Å². The Kier molecular flexibility index (Phi) is 2.86. The van der Waals surface area contributed by atoms with Crippen LogP contribution < -0.4 is 11.1 Å². The molecule has 3 nitrogen and oxygen atoms in total. The van der Waals surface area contributed by atoms with Crippen LogP contribution >= 0.6 is 11.3 Å². The molecule has 3 N–H and O–H groups in total. The Labute approximate surface area is 109 Å². The summed E-state index contributed by atoms with van der Waals surface area (Å²) < 4.78 is 0. The highest BCUT2D eigenvalue weighted by Crippen LogP contribution is 2.26. The third-order valence-corrected chi connectivity index (χ3v) is 3.60. The Hall–Kier alpha value is -2.07. The van der Waals surface area contributed by atoms with Crippen molar-refractivity contribution in [2.24, 2.45) is 0 Å². The zero-order valence-corrected chi connectivity index (χ0v) is 10.6. The van der Waals surface area contributed by atoms with E-state index < -0.39 is 0 Å². The second-order valence-electron chi connectivity index (χ2n) is 4.09. The summed E-state index contributed by atoms with van der Waals surface area (Å²) in [5.74, 6) is 0. The summed E-state index contributed by atoms with van der Waals surface area (Å²) in [6.07, 6.45) is 1.79. The summed E-state index contributed by atoms with van der Waals surface area (Å²) in [6.45, 7) is 0.805. The van der Waals surface area contributed by atoms with E-state index in [9.17, 15) is 0 Å². The van der Waals surface area contributed by atoms with Crippen molar-refractivity contribution in [1.82, 2.24) is 4.98 Å². The first-order valence-electron chi connectivity index (χ1n) is 5.73. The van der Waals surface area contributed by atoms with Gasteiger partial charge in [0.05, 0.1) is 11.2 Å². The van der Waals surface area contributed by atoms with E-state index in [4.69, 9.17) is 5.73 Å². The number of benzene rings is 1. The largest absolute Gasteiger partial charge is 0.398 e. The minimum absolute atomic E-state index is 0.763. The van der Waals surface area contributed by atoms with Crippen molar-refractivity contribution in [1.29, 1.82) is 0 Å². The average molecular weight is 255 g/mol. The first kappa shape index (κ1) is 11.0. The highest BCUT2D eigenvalue weighted by Gasteiger charge is 2.04. The van der Waals surface area contributed by atoms with Crippen LogP contribution in [0.2, 0.25) is 0 Å². The fourth-order valence-corrected chi connectivity index (χ4v) is 2.60. The van der Waals surface area contributed by atoms with Gasteiger partial charge in [0.25, 0.3) is 0 Å². The number of aromatic nitrogens is 1. The van der Waals surface area contributed by atoms with E-state index in [0.29, 0.717) is 0 Å². The molecule has 0 aliphatic carbocycles. The third-order valence-electron chi connectivity index (χ3n) is 2.87. The van der Waals surface area contributed by atoms with Crippen LogP contribution in [0.15, 0.2) is 47.3 Å². The Morgan fingerprint density at radius 3 is 3.00 bits per heavy atom. The second kappa shape index (κ2) is 4.66. The van der Waals surface area contributed by atoms with Gasteiger partial charge in [0.15, 0.2) is 0 Å². The maximum atomic E-state index is 5.95. The molecule has 0 radical (unpaired) electrons. The number of rotatable bonds is 3. The molecule has 4 heteroatoms. The molecule has 0 bridgehead atoms. The molecule has 3 rings (SSSR count). The molecule has 0 unspecified atom stereocenters. The average Bonchev–Trinajstić information content (AvgIpc) is 2.92. The monoisotopic (exact) mass is 255 g/mol. The molecule has 0 fully saturated rings. The number of anilines is 2. The summed E-state index contributed by atoms with van der Waals surface area (Å²) in [5, 5.41) is 8.62. The lowest BCUT2D eigenvalue weighted by molar-refractivity contribution is 1.17. The van der Waals surface area contributed by atoms with Crippen molar-refractivity contribution in [2.45, 2.75) is 6.54 Å². The lowest BCUT2D eigenvalue weighted by Gasteiger charge is -2.09. The van der Waals surface area contributed by atoms with E-state index in [1.165, 1.54) is 5.56 Å². The van der Waals surface area contributed by atoms with Gasteiger partial charge in [-0.3, -0.25) is 4.98 Å². The van der Waals surface area contributed by atoms with Gasteiger partial charge in [0.2, 0.25) is 0 Å². The zero-order chi connectivity index (χ0) is 12.4. The molecule has 0 saturated heterocycles. The van der Waals surface area contributed by atoms with Crippen molar-refractivity contribution in [3.63, 3.8) is 0 Å². The van der Waals surface area contributed by atoms with Gasteiger partial charge >= 0.3 is 0 Å². The molecule has 2 aromatic heterocycles. The molecule has 0 aliphatic rings. The molecule has 0 aliphatic heterocycles. The van der Waals surface area contributed by atoms with E-state index in [1.54, 1.807) is 17.5 Å². The van der Waals surface area contributed by atoms with Crippen LogP contribution in [-0.4, -0.2) is 4.98 Å². The smallest absolute Gasteiger partial charge is 0.0953 e. The summed E-state index contributed by atoms with van der Waals surface area (Å²) in [7, 11) is 0. The second-order valence-corrected chi connectivity index (χ2v) is 4.87. The van der Waals surface area contributed by atoms with Crippen molar-refractivity contribution < 1.29 is 0 Å². The van der Waals surface area contributed by atoms with Crippen LogP contribution in [0, 0.1) is 0 Å². The molecule has 3 aromatic rings. The number of nitrogens with two attached hydrogens (primary N) is 1. The van der Waals surface area contributed by atoms with Gasteiger partial charge < -0.3 is 11.1 Å². The SMILES string of the molecule is Nc1ccc(NCc2ccsc2)c2ncccc12. The fourth-order valence-electron chi connectivity index (χ4n) is 1.93. The maximum absolute atomic E-state index is 5.95. The van der Waals surface area contributed by atoms with Crippen LogP contribution in [0.25, 0.3) is 10.9 Å². The number of hydrogen-bond donors (Lipinski definition) is 2. The van der Waals surface area contributed by atoms with Crippen LogP contribution in [0.5, 0.6) is 0 Å². The Bertz CT molecular complexity index is 662. The van der Waals surface area contributed by atoms with Crippen LogP contribution in [-0.2, 0) is 6.54 Å². The molecular formula is C14H13N3S. The molecular weight excluding hydrogens is 242 g/mol. The molecule has 90 valence electrons. The van der Waals surface area contributed by atoms with Gasteiger partial charge in [0, 0.05) is 23.8 Å². The lowest BCUT2D eigenvalue weighted by atomic mass is 10.1. The predicted molar refractivity (Wildman–Crippen MR) is 77.8 cm³/mol. The quantitative estimate of drug-likeness (QED) is 0.704. The molecule has 18 heavy (non-hydrogen) atoms. The highest BCUT2D eigenvalue weighted by molar-refractivity contribution is 7.07. The molecule has 0 amide bonds. The number of nitrogen functional groups attached to an aromatic ring is 1. The topological polar surface area (TPSA) is 50.9 Å². The van der Waals surface area contributed by atoms with Crippen LogP contribution in [0.3, 0.4) is 0 Å². The first-order chi connectivity index (χ1) is 8.84. The minimum atomic E-state index is 0.763. The lowest BCUT2D eigenvalue weighted by Crippen LogP contribution is -2.00. The number of pyridine rings is 1. The van der Waals surface area contributed by atoms with Crippen molar-refractivity contribution in [3.05, 3.63) is 52.9 Å². The van der Waals surface area contributed by atoms with Crippen molar-refractivity contribution >= 4 is 33.6 Å². The normalized spacial score (nSPS) is 10.7. The standard InChI is InChI=1S/C14H13N3S/c15-12-3-4-13(14-11(12)2-1-6-16-14)17-8-10-5-7-18-9-10/h1-7,9,17H,8,15H2. The number of hydrogen-bond acceptors (Lipinski definition) is 4. The summed E-state index contributed by atoms with van der Waals surface area (Å²) in [4.78, 5) is 4.40. The predicted octanol–water partition coefficient (Wildman–Crippen LogP) is 3.49. The molecule has 0 atom stereocenters. The van der Waals surface area contributed by atoms with Gasteiger partial charge in [0.1, 0.15) is 0 Å². The number of fused-ring (bicyclic) bond motifs is 1. The van der Waals surface area contributed by atoms with Crippen molar-refractivity contribution in [2.75, 3.05) is 11.1 Å². The van der Waals surface area contributed by atoms with Gasteiger partial charge in [-0.15, -0.1) is 0 Å². The molecule has 0 saturated carbocycles. The van der Waals surface area contributed by atoms with E-state index in [2.05, 4.69) is 27.1 Å².